The van der Waals surface area contributed by atoms with Gasteiger partial charge in [-0.3, -0.25) is 0 Å². The van der Waals surface area contributed by atoms with Gasteiger partial charge in [-0.15, -0.1) is 0 Å². The van der Waals surface area contributed by atoms with Crippen molar-refractivity contribution in [2.24, 2.45) is 18.9 Å². The number of imidazole rings is 1. The first-order chi connectivity index (χ1) is 8.08. The van der Waals surface area contributed by atoms with Gasteiger partial charge in [0, 0.05) is 13.1 Å². The van der Waals surface area contributed by atoms with E-state index in [1.807, 2.05) is 11.6 Å². The fourth-order valence-electron chi connectivity index (χ4n) is 2.78. The number of aromatic nitrogens is 2. The average molecular weight is 256 g/mol. The van der Waals surface area contributed by atoms with Crippen LogP contribution in [0, 0.1) is 11.8 Å². The molecule has 3 atom stereocenters. The summed E-state index contributed by atoms with van der Waals surface area (Å²) in [5.41, 5.74) is 0. The lowest BCUT2D eigenvalue weighted by molar-refractivity contribution is 0.226. The van der Waals surface area contributed by atoms with E-state index in [9.17, 15) is 0 Å². The highest BCUT2D eigenvalue weighted by Crippen LogP contribution is 2.28. The summed E-state index contributed by atoms with van der Waals surface area (Å²) < 4.78 is 1.94. The predicted octanol–water partition coefficient (Wildman–Crippen LogP) is 2.99. The van der Waals surface area contributed by atoms with Crippen molar-refractivity contribution in [3.05, 3.63) is 17.2 Å². The van der Waals surface area contributed by atoms with E-state index in [1.165, 1.54) is 19.3 Å². The van der Waals surface area contributed by atoms with E-state index in [4.69, 9.17) is 11.6 Å². The Morgan fingerprint density at radius 3 is 2.82 bits per heavy atom. The molecule has 0 bridgehead atoms. The van der Waals surface area contributed by atoms with Crippen LogP contribution in [0.4, 0.5) is 0 Å². The van der Waals surface area contributed by atoms with Crippen LogP contribution in [0.1, 0.15) is 38.9 Å². The molecule has 0 saturated heterocycles. The summed E-state index contributed by atoms with van der Waals surface area (Å²) in [4.78, 5) is 4.31. The minimum atomic E-state index is 0.627. The average Bonchev–Trinajstić information content (AvgIpc) is 2.59. The molecule has 0 aliphatic heterocycles. The lowest BCUT2D eigenvalue weighted by Gasteiger charge is -2.33. The summed E-state index contributed by atoms with van der Waals surface area (Å²) in [6.45, 7) is 5.51. The highest BCUT2D eigenvalue weighted by Gasteiger charge is 2.24. The molecule has 0 radical (unpaired) electrons. The normalized spacial score (nSPS) is 29.5. The highest BCUT2D eigenvalue weighted by molar-refractivity contribution is 6.29. The Morgan fingerprint density at radius 1 is 1.47 bits per heavy atom. The molecule has 0 aromatic carbocycles. The first-order valence-corrected chi connectivity index (χ1v) is 6.85. The molecule has 2 rings (SSSR count). The maximum atomic E-state index is 5.97. The molecule has 0 amide bonds. The van der Waals surface area contributed by atoms with Crippen LogP contribution in [0.3, 0.4) is 0 Å². The maximum absolute atomic E-state index is 5.97. The molecule has 0 spiro atoms. The van der Waals surface area contributed by atoms with Gasteiger partial charge in [-0.05, 0) is 31.1 Å². The third kappa shape index (κ3) is 3.02. The van der Waals surface area contributed by atoms with Gasteiger partial charge in [0.25, 0.3) is 0 Å². The third-order valence-corrected chi connectivity index (χ3v) is 4.33. The van der Waals surface area contributed by atoms with Gasteiger partial charge in [-0.25, -0.2) is 4.98 Å². The summed E-state index contributed by atoms with van der Waals surface area (Å²) in [6, 6.07) is 0.627. The molecule has 1 fully saturated rings. The van der Waals surface area contributed by atoms with Crippen LogP contribution in [-0.4, -0.2) is 15.6 Å². The van der Waals surface area contributed by atoms with E-state index in [1.54, 1.807) is 6.20 Å². The maximum Gasteiger partial charge on any atom is 0.128 e. The van der Waals surface area contributed by atoms with Crippen LogP contribution < -0.4 is 5.32 Å². The number of nitrogens with one attached hydrogen (secondary N) is 1. The SMILES string of the molecule is CC1CCC(NCc2ncc(Cl)n2C)C(C)C1. The van der Waals surface area contributed by atoms with Crippen molar-refractivity contribution in [3.8, 4) is 0 Å². The van der Waals surface area contributed by atoms with E-state index >= 15 is 0 Å². The minimum Gasteiger partial charge on any atom is -0.321 e. The van der Waals surface area contributed by atoms with Gasteiger partial charge in [-0.2, -0.15) is 0 Å². The summed E-state index contributed by atoms with van der Waals surface area (Å²) in [6.07, 6.45) is 5.66. The van der Waals surface area contributed by atoms with Crippen molar-refractivity contribution in [3.63, 3.8) is 0 Å². The first-order valence-electron chi connectivity index (χ1n) is 6.47. The van der Waals surface area contributed by atoms with Crippen molar-refractivity contribution in [2.45, 2.75) is 45.7 Å². The second-order valence-electron chi connectivity index (χ2n) is 5.44. The molecule has 96 valence electrons. The van der Waals surface area contributed by atoms with E-state index < -0.39 is 0 Å². The first kappa shape index (κ1) is 12.9. The number of nitrogens with zero attached hydrogens (tertiary/aromatic N) is 2. The van der Waals surface area contributed by atoms with Crippen LogP contribution in [0.2, 0.25) is 5.15 Å². The Hall–Kier alpha value is -0.540. The van der Waals surface area contributed by atoms with Gasteiger partial charge in [-0.1, -0.05) is 25.4 Å². The molecular formula is C13H22ClN3. The molecule has 3 unspecified atom stereocenters. The molecular weight excluding hydrogens is 234 g/mol. The van der Waals surface area contributed by atoms with Crippen LogP contribution in [-0.2, 0) is 13.6 Å². The topological polar surface area (TPSA) is 29.9 Å². The second kappa shape index (κ2) is 5.40. The zero-order chi connectivity index (χ0) is 12.4. The number of hydrogen-bond acceptors (Lipinski definition) is 2. The fraction of sp³-hybridized carbons (Fsp3) is 0.769. The van der Waals surface area contributed by atoms with Gasteiger partial charge >= 0.3 is 0 Å². The van der Waals surface area contributed by atoms with Crippen molar-refractivity contribution in [1.29, 1.82) is 0 Å². The lowest BCUT2D eigenvalue weighted by atomic mass is 9.80. The smallest absolute Gasteiger partial charge is 0.128 e. The summed E-state index contributed by atoms with van der Waals surface area (Å²) >= 11 is 5.97. The lowest BCUT2D eigenvalue weighted by Crippen LogP contribution is -2.39. The van der Waals surface area contributed by atoms with Crippen LogP contribution in [0.15, 0.2) is 6.20 Å². The van der Waals surface area contributed by atoms with E-state index in [2.05, 4.69) is 24.1 Å². The predicted molar refractivity (Wildman–Crippen MR) is 71.0 cm³/mol. The van der Waals surface area contributed by atoms with Crippen LogP contribution in [0.25, 0.3) is 0 Å². The monoisotopic (exact) mass is 255 g/mol. The summed E-state index contributed by atoms with van der Waals surface area (Å²) in [7, 11) is 1.96. The van der Waals surface area contributed by atoms with Crippen molar-refractivity contribution in [2.75, 3.05) is 0 Å². The standard InChI is InChI=1S/C13H22ClN3/c1-9-4-5-11(10(2)6-9)15-8-13-16-7-12(14)17(13)3/h7,9-11,15H,4-6,8H2,1-3H3. The highest BCUT2D eigenvalue weighted by atomic mass is 35.5. The molecule has 1 aromatic heterocycles. The minimum absolute atomic E-state index is 0.627. The van der Waals surface area contributed by atoms with Crippen LogP contribution >= 0.6 is 11.6 Å². The van der Waals surface area contributed by atoms with Gasteiger partial charge in [0.15, 0.2) is 0 Å². The van der Waals surface area contributed by atoms with Gasteiger partial charge in [0.2, 0.25) is 0 Å². The zero-order valence-electron chi connectivity index (χ0n) is 10.9. The molecule has 1 N–H and O–H groups in total. The number of rotatable bonds is 3. The Kier molecular flexibility index (Phi) is 4.10. The summed E-state index contributed by atoms with van der Waals surface area (Å²) in [5, 5.41) is 4.32. The van der Waals surface area contributed by atoms with E-state index in [0.29, 0.717) is 11.2 Å². The van der Waals surface area contributed by atoms with Crippen molar-refractivity contribution < 1.29 is 0 Å². The van der Waals surface area contributed by atoms with E-state index in [-0.39, 0.29) is 0 Å². The Labute approximate surface area is 109 Å². The Balaban J connectivity index is 1.88. The molecule has 1 aliphatic rings. The number of hydrogen-bond donors (Lipinski definition) is 1. The van der Waals surface area contributed by atoms with E-state index in [0.717, 1.165) is 24.2 Å². The van der Waals surface area contributed by atoms with Crippen molar-refractivity contribution >= 4 is 11.6 Å². The van der Waals surface area contributed by atoms with Gasteiger partial charge in [0.1, 0.15) is 11.0 Å². The Bertz CT molecular complexity index is 375. The quantitative estimate of drug-likeness (QED) is 0.900. The van der Waals surface area contributed by atoms with Gasteiger partial charge in [0.05, 0.1) is 12.7 Å². The molecule has 1 heterocycles. The molecule has 1 aromatic rings. The molecule has 3 nitrogen and oxygen atoms in total. The molecule has 4 heteroatoms. The summed E-state index contributed by atoms with van der Waals surface area (Å²) in [5.74, 6) is 2.65. The second-order valence-corrected chi connectivity index (χ2v) is 5.83. The van der Waals surface area contributed by atoms with Crippen molar-refractivity contribution in [1.82, 2.24) is 14.9 Å². The fourth-order valence-corrected chi connectivity index (χ4v) is 2.93. The van der Waals surface area contributed by atoms with Gasteiger partial charge < -0.3 is 9.88 Å². The molecule has 1 aliphatic carbocycles. The third-order valence-electron chi connectivity index (χ3n) is 3.98. The molecule has 1 saturated carbocycles. The number of halogens is 1. The zero-order valence-corrected chi connectivity index (χ0v) is 11.7. The Morgan fingerprint density at radius 2 is 2.24 bits per heavy atom. The largest absolute Gasteiger partial charge is 0.321 e. The van der Waals surface area contributed by atoms with Crippen LogP contribution in [0.5, 0.6) is 0 Å². The molecule has 17 heavy (non-hydrogen) atoms.